The van der Waals surface area contributed by atoms with Gasteiger partial charge in [-0.2, -0.15) is 5.10 Å². The molecule has 0 radical (unpaired) electrons. The first-order valence-electron chi connectivity index (χ1n) is 9.44. The lowest BCUT2D eigenvalue weighted by Crippen LogP contribution is -2.28. The lowest BCUT2D eigenvalue weighted by molar-refractivity contribution is -0.120. The van der Waals surface area contributed by atoms with Crippen LogP contribution in [-0.2, 0) is 11.2 Å². The number of carbonyl (C=O) groups excluding carboxylic acids is 1. The molecule has 3 aromatic rings. The van der Waals surface area contributed by atoms with E-state index in [0.717, 1.165) is 11.4 Å². The molecule has 0 fully saturated rings. The summed E-state index contributed by atoms with van der Waals surface area (Å²) in [4.78, 5) is 24.3. The van der Waals surface area contributed by atoms with E-state index in [1.807, 2.05) is 36.4 Å². The van der Waals surface area contributed by atoms with E-state index in [2.05, 4.69) is 29.4 Å². The summed E-state index contributed by atoms with van der Waals surface area (Å²) in [7, 11) is 0. The van der Waals surface area contributed by atoms with Gasteiger partial charge in [-0.3, -0.25) is 9.59 Å². The Morgan fingerprint density at radius 3 is 2.46 bits per heavy atom. The molecule has 0 unspecified atom stereocenters. The largest absolute Gasteiger partial charge is 0.356 e. The molecule has 1 aromatic heterocycles. The lowest BCUT2D eigenvalue weighted by Gasteiger charge is -2.21. The molecule has 1 heterocycles. The van der Waals surface area contributed by atoms with Crippen LogP contribution >= 0.6 is 11.6 Å². The molecule has 3 rings (SSSR count). The first-order chi connectivity index (χ1) is 13.5. The van der Waals surface area contributed by atoms with E-state index in [1.165, 1.54) is 5.56 Å². The van der Waals surface area contributed by atoms with E-state index in [4.69, 9.17) is 11.6 Å². The summed E-state index contributed by atoms with van der Waals surface area (Å²) in [5, 5.41) is 11.5. The van der Waals surface area contributed by atoms with Gasteiger partial charge in [0.2, 0.25) is 5.91 Å². The van der Waals surface area contributed by atoms with Crippen LogP contribution in [0.25, 0.3) is 10.8 Å². The minimum atomic E-state index is -0.248. The molecule has 6 heteroatoms. The Kier molecular flexibility index (Phi) is 6.47. The zero-order valence-electron chi connectivity index (χ0n) is 16.0. The molecule has 0 saturated heterocycles. The standard InChI is InChI=1S/C22H24ClN3O2/c1-14(2)17(15-7-9-16(23)10-8-15)11-12-24-21(27)13-20-18-5-3-4-6-19(18)22(28)26-25-20/h3-10,14,17H,11-13H2,1-2H3,(H,24,27)(H,26,28)/t17-/m0/s1. The molecule has 0 spiro atoms. The fourth-order valence-electron chi connectivity index (χ4n) is 3.48. The summed E-state index contributed by atoms with van der Waals surface area (Å²) in [6, 6.07) is 15.1. The summed E-state index contributed by atoms with van der Waals surface area (Å²) in [5.41, 5.74) is 1.55. The maximum atomic E-state index is 12.4. The number of carbonyl (C=O) groups is 1. The Morgan fingerprint density at radius 1 is 1.11 bits per heavy atom. The van der Waals surface area contributed by atoms with Crippen molar-refractivity contribution in [1.29, 1.82) is 0 Å². The van der Waals surface area contributed by atoms with Crippen LogP contribution < -0.4 is 10.9 Å². The van der Waals surface area contributed by atoms with Crippen molar-refractivity contribution < 1.29 is 4.79 Å². The molecule has 0 aliphatic heterocycles. The average molecular weight is 398 g/mol. The van der Waals surface area contributed by atoms with Crippen molar-refractivity contribution in [2.75, 3.05) is 6.54 Å². The van der Waals surface area contributed by atoms with Crippen LogP contribution in [0.3, 0.4) is 0 Å². The molecule has 5 nitrogen and oxygen atoms in total. The van der Waals surface area contributed by atoms with E-state index < -0.39 is 0 Å². The Hall–Kier alpha value is -2.66. The van der Waals surface area contributed by atoms with Crippen molar-refractivity contribution in [2.24, 2.45) is 5.92 Å². The number of hydrogen-bond donors (Lipinski definition) is 2. The van der Waals surface area contributed by atoms with Gasteiger partial charge in [0.25, 0.3) is 5.56 Å². The quantitative estimate of drug-likeness (QED) is 0.631. The maximum absolute atomic E-state index is 12.4. The molecule has 2 aromatic carbocycles. The molecular formula is C22H24ClN3O2. The number of nitrogens with zero attached hydrogens (tertiary/aromatic N) is 1. The van der Waals surface area contributed by atoms with Gasteiger partial charge >= 0.3 is 0 Å². The Morgan fingerprint density at radius 2 is 1.79 bits per heavy atom. The van der Waals surface area contributed by atoms with Gasteiger partial charge in [-0.1, -0.05) is 55.8 Å². The fourth-order valence-corrected chi connectivity index (χ4v) is 3.61. The van der Waals surface area contributed by atoms with Gasteiger partial charge < -0.3 is 5.32 Å². The lowest BCUT2D eigenvalue weighted by atomic mass is 9.86. The third-order valence-corrected chi connectivity index (χ3v) is 5.24. The summed E-state index contributed by atoms with van der Waals surface area (Å²) in [6.45, 7) is 4.93. The molecular weight excluding hydrogens is 374 g/mol. The minimum Gasteiger partial charge on any atom is -0.356 e. The second kappa shape index (κ2) is 9.02. The van der Waals surface area contributed by atoms with E-state index in [1.54, 1.807) is 12.1 Å². The van der Waals surface area contributed by atoms with Crippen LogP contribution in [0.4, 0.5) is 0 Å². The van der Waals surface area contributed by atoms with Crippen LogP contribution in [0.2, 0.25) is 5.02 Å². The molecule has 0 aliphatic rings. The van der Waals surface area contributed by atoms with Gasteiger partial charge in [0.1, 0.15) is 0 Å². The van der Waals surface area contributed by atoms with Gasteiger partial charge in [0.15, 0.2) is 0 Å². The second-order valence-corrected chi connectivity index (χ2v) is 7.70. The number of rotatable bonds is 7. The average Bonchev–Trinajstić information content (AvgIpc) is 2.68. The molecule has 146 valence electrons. The van der Waals surface area contributed by atoms with Crippen LogP contribution in [0.5, 0.6) is 0 Å². The number of benzene rings is 2. The van der Waals surface area contributed by atoms with Crippen molar-refractivity contribution in [2.45, 2.75) is 32.6 Å². The fraction of sp³-hybridized carbons (Fsp3) is 0.318. The highest BCUT2D eigenvalue weighted by molar-refractivity contribution is 6.30. The van der Waals surface area contributed by atoms with E-state index in [-0.39, 0.29) is 17.9 Å². The smallest absolute Gasteiger partial charge is 0.272 e. The van der Waals surface area contributed by atoms with E-state index in [0.29, 0.717) is 34.8 Å². The first kappa shape index (κ1) is 20.1. The Labute approximate surface area is 169 Å². The van der Waals surface area contributed by atoms with Crippen molar-refractivity contribution in [3.8, 4) is 0 Å². The summed E-state index contributed by atoms with van der Waals surface area (Å²) in [5.74, 6) is 0.677. The number of nitrogens with one attached hydrogen (secondary N) is 2. The van der Waals surface area contributed by atoms with Crippen molar-refractivity contribution >= 4 is 28.3 Å². The number of hydrogen-bond acceptors (Lipinski definition) is 3. The molecule has 2 N–H and O–H groups in total. The Bertz CT molecular complexity index is 1010. The SMILES string of the molecule is CC(C)[C@H](CCNC(=O)Cc1n[nH]c(=O)c2ccccc12)c1ccc(Cl)cc1. The predicted octanol–water partition coefficient (Wildman–Crippen LogP) is 4.07. The number of aromatic nitrogens is 2. The van der Waals surface area contributed by atoms with Crippen molar-refractivity contribution in [3.63, 3.8) is 0 Å². The molecule has 0 saturated carbocycles. The van der Waals surface area contributed by atoms with Gasteiger partial charge in [-0.25, -0.2) is 5.10 Å². The highest BCUT2D eigenvalue weighted by atomic mass is 35.5. The number of amides is 1. The first-order valence-corrected chi connectivity index (χ1v) is 9.82. The van der Waals surface area contributed by atoms with Crippen LogP contribution in [0.15, 0.2) is 53.3 Å². The van der Waals surface area contributed by atoms with E-state index >= 15 is 0 Å². The number of halogens is 1. The maximum Gasteiger partial charge on any atom is 0.272 e. The third-order valence-electron chi connectivity index (χ3n) is 4.98. The normalized spacial score (nSPS) is 12.3. The number of H-pyrrole nitrogens is 1. The van der Waals surface area contributed by atoms with Gasteiger partial charge in [0.05, 0.1) is 17.5 Å². The highest BCUT2D eigenvalue weighted by Crippen LogP contribution is 2.28. The monoisotopic (exact) mass is 397 g/mol. The van der Waals surface area contributed by atoms with Gasteiger partial charge in [-0.05, 0) is 42.0 Å². The number of aromatic amines is 1. The molecule has 1 atom stereocenters. The molecule has 0 bridgehead atoms. The summed E-state index contributed by atoms with van der Waals surface area (Å²) < 4.78 is 0. The van der Waals surface area contributed by atoms with Crippen LogP contribution in [-0.4, -0.2) is 22.6 Å². The van der Waals surface area contributed by atoms with Crippen molar-refractivity contribution in [3.05, 3.63) is 75.2 Å². The van der Waals surface area contributed by atoms with Crippen LogP contribution in [0.1, 0.15) is 37.4 Å². The van der Waals surface area contributed by atoms with Crippen LogP contribution in [0, 0.1) is 5.92 Å². The number of fused-ring (bicyclic) bond motifs is 1. The zero-order chi connectivity index (χ0) is 20.1. The minimum absolute atomic E-state index is 0.108. The Balaban J connectivity index is 1.62. The summed E-state index contributed by atoms with van der Waals surface area (Å²) in [6.07, 6.45) is 0.968. The topological polar surface area (TPSA) is 74.8 Å². The molecule has 0 aliphatic carbocycles. The predicted molar refractivity (Wildman–Crippen MR) is 113 cm³/mol. The third kappa shape index (κ3) is 4.78. The van der Waals surface area contributed by atoms with Crippen molar-refractivity contribution in [1.82, 2.24) is 15.5 Å². The van der Waals surface area contributed by atoms with E-state index in [9.17, 15) is 9.59 Å². The highest BCUT2D eigenvalue weighted by Gasteiger charge is 2.16. The molecule has 28 heavy (non-hydrogen) atoms. The summed E-state index contributed by atoms with van der Waals surface area (Å²) >= 11 is 5.99. The van der Waals surface area contributed by atoms with Gasteiger partial charge in [0, 0.05) is 17.0 Å². The molecule has 1 amide bonds. The zero-order valence-corrected chi connectivity index (χ0v) is 16.8. The second-order valence-electron chi connectivity index (χ2n) is 7.26. The van der Waals surface area contributed by atoms with Gasteiger partial charge in [-0.15, -0.1) is 0 Å².